The maximum Gasteiger partial charge on any atom is 0.293 e. The van der Waals surface area contributed by atoms with Crippen LogP contribution in [0.25, 0.3) is 5.82 Å². The van der Waals surface area contributed by atoms with Gasteiger partial charge in [0.15, 0.2) is 5.82 Å². The second kappa shape index (κ2) is 6.63. The molecule has 2 aromatic rings. The molecule has 2 aromatic heterocycles. The van der Waals surface area contributed by atoms with E-state index in [0.29, 0.717) is 12.5 Å². The number of carbonyl (C=O) groups is 1. The summed E-state index contributed by atoms with van der Waals surface area (Å²) in [5.74, 6) is 0.853. The fourth-order valence-electron chi connectivity index (χ4n) is 2.40. The lowest BCUT2D eigenvalue weighted by Crippen LogP contribution is -2.29. The molecule has 1 unspecified atom stereocenters. The van der Waals surface area contributed by atoms with Crippen molar-refractivity contribution in [2.45, 2.75) is 58.6 Å². The summed E-state index contributed by atoms with van der Waals surface area (Å²) in [5.41, 5.74) is 2.26. The van der Waals surface area contributed by atoms with Crippen LogP contribution < -0.4 is 5.32 Å². The largest absolute Gasteiger partial charge is 0.462 e. The highest BCUT2D eigenvalue weighted by atomic mass is 16.5. The van der Waals surface area contributed by atoms with E-state index in [1.807, 2.05) is 39.2 Å². The van der Waals surface area contributed by atoms with Gasteiger partial charge in [-0.1, -0.05) is 13.8 Å². The molecule has 0 spiro atoms. The first kappa shape index (κ1) is 18.0. The fraction of sp³-hybridized carbons (Fsp3) is 0.500. The van der Waals surface area contributed by atoms with Crippen molar-refractivity contribution in [2.75, 3.05) is 5.32 Å². The van der Waals surface area contributed by atoms with Crippen molar-refractivity contribution in [3.05, 3.63) is 36.3 Å². The number of hydrogen-bond acceptors (Lipinski definition) is 5. The number of aromatic nitrogens is 3. The number of ether oxygens (including phenoxy) is 1. The second-order valence-electron chi connectivity index (χ2n) is 7.45. The predicted octanol–water partition coefficient (Wildman–Crippen LogP) is 3.32. The molecular formula is C18H26N4O2. The summed E-state index contributed by atoms with van der Waals surface area (Å²) in [6.45, 7) is 12.6. The van der Waals surface area contributed by atoms with Gasteiger partial charge in [0.2, 0.25) is 0 Å². The highest BCUT2D eigenvalue weighted by Gasteiger charge is 2.36. The molecule has 0 fully saturated rings. The molecule has 3 rings (SSSR count). The summed E-state index contributed by atoms with van der Waals surface area (Å²) in [7, 11) is 0. The first-order chi connectivity index (χ1) is 11.1. The van der Waals surface area contributed by atoms with Gasteiger partial charge in [-0.05, 0) is 33.8 Å². The Morgan fingerprint density at radius 3 is 2.58 bits per heavy atom. The van der Waals surface area contributed by atoms with Gasteiger partial charge in [0, 0.05) is 47.4 Å². The van der Waals surface area contributed by atoms with E-state index in [4.69, 9.17) is 0 Å². The van der Waals surface area contributed by atoms with Gasteiger partial charge < -0.3 is 10.1 Å². The number of carbonyl (C=O) groups excluding carboxylic acids is 1. The van der Waals surface area contributed by atoms with Crippen LogP contribution in [0, 0.1) is 0 Å². The lowest BCUT2D eigenvalue weighted by molar-refractivity contribution is -0.138. The third-order valence-electron chi connectivity index (χ3n) is 4.18. The SMILES string of the molecule is CC(C)(C)OC=O.CC1Nc2cc(-n3cccn3)ncc2C1(C)C. The predicted molar refractivity (Wildman–Crippen MR) is 94.4 cm³/mol. The number of anilines is 1. The Morgan fingerprint density at radius 1 is 1.38 bits per heavy atom. The smallest absolute Gasteiger partial charge is 0.293 e. The highest BCUT2D eigenvalue weighted by molar-refractivity contribution is 5.62. The van der Waals surface area contributed by atoms with Crippen molar-refractivity contribution in [1.82, 2.24) is 14.8 Å². The minimum Gasteiger partial charge on any atom is -0.462 e. The second-order valence-corrected chi connectivity index (χ2v) is 7.45. The van der Waals surface area contributed by atoms with E-state index in [2.05, 4.69) is 47.0 Å². The Hall–Kier alpha value is -2.37. The Morgan fingerprint density at radius 2 is 2.08 bits per heavy atom. The molecule has 0 radical (unpaired) electrons. The van der Waals surface area contributed by atoms with E-state index in [1.54, 1.807) is 10.9 Å². The van der Waals surface area contributed by atoms with E-state index >= 15 is 0 Å². The molecule has 0 aromatic carbocycles. The highest BCUT2D eigenvalue weighted by Crippen LogP contribution is 2.40. The normalized spacial score (nSPS) is 18.0. The van der Waals surface area contributed by atoms with Crippen molar-refractivity contribution in [1.29, 1.82) is 0 Å². The first-order valence-electron chi connectivity index (χ1n) is 8.03. The molecule has 24 heavy (non-hydrogen) atoms. The van der Waals surface area contributed by atoms with Crippen molar-refractivity contribution in [3.8, 4) is 5.82 Å². The molecule has 1 N–H and O–H groups in total. The van der Waals surface area contributed by atoms with Crippen LogP contribution in [0.4, 0.5) is 5.69 Å². The molecule has 0 amide bonds. The van der Waals surface area contributed by atoms with Gasteiger partial charge in [-0.25, -0.2) is 9.67 Å². The van der Waals surface area contributed by atoms with Crippen LogP contribution >= 0.6 is 0 Å². The van der Waals surface area contributed by atoms with E-state index in [9.17, 15) is 4.79 Å². The van der Waals surface area contributed by atoms with Gasteiger partial charge in [0.05, 0.1) is 0 Å². The zero-order valence-corrected chi connectivity index (χ0v) is 15.2. The zero-order chi connectivity index (χ0) is 18.0. The molecule has 1 aliphatic heterocycles. The molecule has 3 heterocycles. The lowest BCUT2D eigenvalue weighted by atomic mass is 9.82. The summed E-state index contributed by atoms with van der Waals surface area (Å²) < 4.78 is 6.32. The quantitative estimate of drug-likeness (QED) is 0.856. The van der Waals surface area contributed by atoms with Gasteiger partial charge >= 0.3 is 0 Å². The molecule has 130 valence electrons. The number of nitrogens with zero attached hydrogens (tertiary/aromatic N) is 3. The Balaban J connectivity index is 0.000000256. The summed E-state index contributed by atoms with van der Waals surface area (Å²) in [4.78, 5) is 14.1. The molecule has 0 saturated heterocycles. The van der Waals surface area contributed by atoms with Crippen molar-refractivity contribution < 1.29 is 9.53 Å². The van der Waals surface area contributed by atoms with E-state index in [-0.39, 0.29) is 11.0 Å². The monoisotopic (exact) mass is 330 g/mol. The van der Waals surface area contributed by atoms with Crippen LogP contribution in [-0.2, 0) is 14.9 Å². The number of fused-ring (bicyclic) bond motifs is 1. The molecular weight excluding hydrogens is 304 g/mol. The van der Waals surface area contributed by atoms with Crippen LogP contribution in [0.15, 0.2) is 30.7 Å². The standard InChI is InChI=1S/C13H16N4.C5H10O2/c1-9-13(2,3)10-8-14-12(7-11(10)16-9)17-6-4-5-15-17;1-5(2,3)7-4-6/h4-9,16H,1-3H3;4H,1-3H3. The lowest BCUT2D eigenvalue weighted by Gasteiger charge is -2.23. The average molecular weight is 330 g/mol. The minimum absolute atomic E-state index is 0.130. The Labute approximate surface area is 143 Å². The molecule has 6 heteroatoms. The molecule has 1 aliphatic rings. The van der Waals surface area contributed by atoms with Crippen molar-refractivity contribution >= 4 is 12.2 Å². The van der Waals surface area contributed by atoms with Gasteiger partial charge in [0.25, 0.3) is 6.47 Å². The van der Waals surface area contributed by atoms with Crippen LogP contribution in [0.2, 0.25) is 0 Å². The molecule has 0 bridgehead atoms. The maximum atomic E-state index is 9.60. The maximum absolute atomic E-state index is 9.60. The topological polar surface area (TPSA) is 69.0 Å². The third kappa shape index (κ3) is 3.93. The Bertz CT molecular complexity index is 688. The van der Waals surface area contributed by atoms with Gasteiger partial charge in [0.1, 0.15) is 5.60 Å². The van der Waals surface area contributed by atoms with Crippen molar-refractivity contribution in [2.24, 2.45) is 0 Å². The number of hydrogen-bond donors (Lipinski definition) is 1. The first-order valence-corrected chi connectivity index (χ1v) is 8.03. The van der Waals surface area contributed by atoms with Gasteiger partial charge in [-0.15, -0.1) is 0 Å². The summed E-state index contributed by atoms with van der Waals surface area (Å²) in [6.07, 6.45) is 5.62. The molecule has 0 saturated carbocycles. The Kier molecular flexibility index (Phi) is 4.96. The summed E-state index contributed by atoms with van der Waals surface area (Å²) in [6, 6.07) is 4.38. The van der Waals surface area contributed by atoms with E-state index in [1.165, 1.54) is 11.3 Å². The van der Waals surface area contributed by atoms with Crippen LogP contribution in [0.1, 0.15) is 47.1 Å². The summed E-state index contributed by atoms with van der Waals surface area (Å²) in [5, 5.41) is 7.70. The van der Waals surface area contributed by atoms with E-state index < -0.39 is 0 Å². The number of pyridine rings is 1. The van der Waals surface area contributed by atoms with Crippen LogP contribution in [0.3, 0.4) is 0 Å². The van der Waals surface area contributed by atoms with Crippen LogP contribution in [0.5, 0.6) is 0 Å². The number of rotatable bonds is 2. The zero-order valence-electron chi connectivity index (χ0n) is 15.2. The van der Waals surface area contributed by atoms with Gasteiger partial charge in [-0.3, -0.25) is 4.79 Å². The molecule has 1 atom stereocenters. The average Bonchev–Trinajstić information content (AvgIpc) is 3.06. The number of nitrogens with one attached hydrogen (secondary N) is 1. The van der Waals surface area contributed by atoms with Crippen LogP contribution in [-0.4, -0.2) is 32.9 Å². The fourth-order valence-corrected chi connectivity index (χ4v) is 2.40. The van der Waals surface area contributed by atoms with Gasteiger partial charge in [-0.2, -0.15) is 5.10 Å². The third-order valence-corrected chi connectivity index (χ3v) is 4.18. The molecule has 6 nitrogen and oxygen atoms in total. The summed E-state index contributed by atoms with van der Waals surface area (Å²) >= 11 is 0. The van der Waals surface area contributed by atoms with E-state index in [0.717, 1.165) is 5.82 Å². The molecule has 0 aliphatic carbocycles. The van der Waals surface area contributed by atoms with Crippen molar-refractivity contribution in [3.63, 3.8) is 0 Å². The minimum atomic E-state index is -0.318.